The fourth-order valence-electron chi connectivity index (χ4n) is 3.90. The van der Waals surface area contributed by atoms with Crippen molar-refractivity contribution in [3.05, 3.63) is 35.0 Å². The second-order valence-corrected chi connectivity index (χ2v) is 8.02. The molecule has 4 rings (SSSR count). The van der Waals surface area contributed by atoms with Crippen molar-refractivity contribution in [2.75, 3.05) is 20.2 Å². The summed E-state index contributed by atoms with van der Waals surface area (Å²) in [4.78, 5) is 4.36. The van der Waals surface area contributed by atoms with Crippen molar-refractivity contribution in [2.45, 2.75) is 50.6 Å². The Morgan fingerprint density at radius 3 is 2.70 bits per heavy atom. The molecule has 30 heavy (non-hydrogen) atoms. The highest BCUT2D eigenvalue weighted by molar-refractivity contribution is 5.99. The normalized spacial score (nSPS) is 21.8. The lowest BCUT2D eigenvalue weighted by Gasteiger charge is -2.17. The highest BCUT2D eigenvalue weighted by Crippen LogP contribution is 2.44. The SMILES string of the molecule is CO[C@H]1CN[C@H](CNC(=N)c2cc(C)c3cc(C4CC4)cc(OC(F)(F)F)c3n2)C1. The van der Waals surface area contributed by atoms with Crippen molar-refractivity contribution in [2.24, 2.45) is 0 Å². The van der Waals surface area contributed by atoms with Crippen LogP contribution >= 0.6 is 0 Å². The van der Waals surface area contributed by atoms with Crippen molar-refractivity contribution in [3.63, 3.8) is 0 Å². The number of nitrogens with zero attached hydrogens (tertiary/aromatic N) is 1. The second kappa shape index (κ2) is 8.03. The quantitative estimate of drug-likeness (QED) is 0.490. The van der Waals surface area contributed by atoms with Gasteiger partial charge in [0.05, 0.1) is 6.10 Å². The van der Waals surface area contributed by atoms with E-state index >= 15 is 0 Å². The van der Waals surface area contributed by atoms with Gasteiger partial charge in [-0.1, -0.05) is 0 Å². The first-order chi connectivity index (χ1) is 14.2. The van der Waals surface area contributed by atoms with Gasteiger partial charge < -0.3 is 20.1 Å². The Labute approximate surface area is 172 Å². The zero-order valence-corrected chi connectivity index (χ0v) is 16.9. The number of rotatable bonds is 6. The number of alkyl halides is 3. The Morgan fingerprint density at radius 1 is 1.30 bits per heavy atom. The van der Waals surface area contributed by atoms with E-state index in [1.165, 1.54) is 6.07 Å². The Balaban J connectivity index is 1.60. The largest absolute Gasteiger partial charge is 0.573 e. The monoisotopic (exact) mass is 422 g/mol. The van der Waals surface area contributed by atoms with Crippen molar-refractivity contribution in [1.82, 2.24) is 15.6 Å². The summed E-state index contributed by atoms with van der Waals surface area (Å²) in [6.07, 6.45) is -1.90. The number of nitrogens with one attached hydrogen (secondary N) is 3. The van der Waals surface area contributed by atoms with Gasteiger partial charge in [-0.3, -0.25) is 5.41 Å². The molecule has 162 valence electrons. The fraction of sp³-hybridized carbons (Fsp3) is 0.524. The molecule has 2 atom stereocenters. The maximum atomic E-state index is 13.0. The average molecular weight is 422 g/mol. The zero-order chi connectivity index (χ0) is 21.5. The van der Waals surface area contributed by atoms with E-state index in [9.17, 15) is 13.2 Å². The van der Waals surface area contributed by atoms with Crippen molar-refractivity contribution in [1.29, 1.82) is 5.41 Å². The molecular formula is C21H25F3N4O2. The number of aromatic nitrogens is 1. The summed E-state index contributed by atoms with van der Waals surface area (Å²) in [6.45, 7) is 3.07. The molecule has 9 heteroatoms. The third kappa shape index (κ3) is 4.67. The molecule has 1 saturated heterocycles. The van der Waals surface area contributed by atoms with Crippen molar-refractivity contribution >= 4 is 16.7 Å². The van der Waals surface area contributed by atoms with Gasteiger partial charge >= 0.3 is 6.36 Å². The van der Waals surface area contributed by atoms with E-state index in [4.69, 9.17) is 10.1 Å². The lowest BCUT2D eigenvalue weighted by Crippen LogP contribution is -2.37. The van der Waals surface area contributed by atoms with Gasteiger partial charge in [0.15, 0.2) is 5.75 Å². The van der Waals surface area contributed by atoms with Gasteiger partial charge in [-0.05, 0) is 61.4 Å². The van der Waals surface area contributed by atoms with E-state index in [2.05, 4.69) is 20.4 Å². The summed E-state index contributed by atoms with van der Waals surface area (Å²) >= 11 is 0. The molecule has 1 aliphatic heterocycles. The van der Waals surface area contributed by atoms with E-state index in [0.717, 1.165) is 36.9 Å². The molecule has 0 unspecified atom stereocenters. The molecule has 0 radical (unpaired) electrons. The number of halogens is 3. The van der Waals surface area contributed by atoms with Gasteiger partial charge in [-0.15, -0.1) is 13.2 Å². The van der Waals surface area contributed by atoms with Crippen molar-refractivity contribution in [3.8, 4) is 5.75 Å². The predicted molar refractivity (Wildman–Crippen MR) is 107 cm³/mol. The van der Waals surface area contributed by atoms with E-state index in [-0.39, 0.29) is 40.9 Å². The Kier molecular flexibility index (Phi) is 5.59. The van der Waals surface area contributed by atoms with Crippen LogP contribution in [-0.2, 0) is 4.74 Å². The number of amidine groups is 1. The fourth-order valence-corrected chi connectivity index (χ4v) is 3.90. The van der Waals surface area contributed by atoms with Crippen LogP contribution in [-0.4, -0.2) is 49.5 Å². The summed E-state index contributed by atoms with van der Waals surface area (Å²) in [5.41, 5.74) is 2.01. The van der Waals surface area contributed by atoms with Gasteiger partial charge in [0.1, 0.15) is 17.0 Å². The summed E-state index contributed by atoms with van der Waals surface area (Å²) in [5.74, 6) is 0.0332. The van der Waals surface area contributed by atoms with Crippen LogP contribution in [0, 0.1) is 12.3 Å². The van der Waals surface area contributed by atoms with E-state index in [0.29, 0.717) is 11.9 Å². The second-order valence-electron chi connectivity index (χ2n) is 8.02. The third-order valence-electron chi connectivity index (χ3n) is 5.68. The van der Waals surface area contributed by atoms with Crippen LogP contribution in [0.15, 0.2) is 18.2 Å². The lowest BCUT2D eigenvalue weighted by molar-refractivity contribution is -0.274. The molecule has 1 aromatic carbocycles. The Hall–Kier alpha value is -2.39. The molecule has 3 N–H and O–H groups in total. The van der Waals surface area contributed by atoms with E-state index in [1.54, 1.807) is 13.2 Å². The van der Waals surface area contributed by atoms with Gasteiger partial charge in [-0.25, -0.2) is 4.98 Å². The Morgan fingerprint density at radius 2 is 2.07 bits per heavy atom. The predicted octanol–water partition coefficient (Wildman–Crippen LogP) is 3.61. The number of aryl methyl sites for hydroxylation is 1. The summed E-state index contributed by atoms with van der Waals surface area (Å²) < 4.78 is 48.7. The first-order valence-corrected chi connectivity index (χ1v) is 10.0. The molecule has 1 saturated carbocycles. The smallest absolute Gasteiger partial charge is 0.403 e. The highest BCUT2D eigenvalue weighted by Gasteiger charge is 2.34. The van der Waals surface area contributed by atoms with Gasteiger partial charge in [0.2, 0.25) is 0 Å². The summed E-state index contributed by atoms with van der Waals surface area (Å²) in [6, 6.07) is 5.22. The Bertz CT molecular complexity index is 959. The van der Waals surface area contributed by atoms with Crippen LogP contribution in [0.25, 0.3) is 10.9 Å². The summed E-state index contributed by atoms with van der Waals surface area (Å²) in [7, 11) is 1.67. The molecular weight excluding hydrogens is 397 g/mol. The summed E-state index contributed by atoms with van der Waals surface area (Å²) in [5, 5.41) is 15.3. The van der Waals surface area contributed by atoms with Crippen LogP contribution < -0.4 is 15.4 Å². The topological polar surface area (TPSA) is 79.3 Å². The zero-order valence-electron chi connectivity index (χ0n) is 16.9. The number of hydrogen-bond donors (Lipinski definition) is 3. The minimum atomic E-state index is -4.81. The number of benzene rings is 1. The average Bonchev–Trinajstić information content (AvgIpc) is 3.43. The standard InChI is InChI=1S/C21H25F3N4O2/c1-11-5-17(20(25)27-9-14-8-15(29-2)10-26-14)28-19-16(11)6-13(12-3-4-12)7-18(19)30-21(22,23)24/h5-7,12,14-15,26H,3-4,8-10H2,1-2H3,(H2,25,27)/t14-,15+/m0/s1. The number of pyridine rings is 1. The van der Waals surface area contributed by atoms with Crippen molar-refractivity contribution < 1.29 is 22.6 Å². The minimum Gasteiger partial charge on any atom is -0.403 e. The van der Waals surface area contributed by atoms with Crippen LogP contribution in [0.5, 0.6) is 5.75 Å². The van der Waals surface area contributed by atoms with Crippen LogP contribution in [0.2, 0.25) is 0 Å². The lowest BCUT2D eigenvalue weighted by atomic mass is 10.0. The number of ether oxygens (including phenoxy) is 2. The number of fused-ring (bicyclic) bond motifs is 1. The molecule has 0 bridgehead atoms. The molecule has 2 aliphatic rings. The third-order valence-corrected chi connectivity index (χ3v) is 5.68. The first kappa shape index (κ1) is 20.9. The molecule has 1 aliphatic carbocycles. The maximum absolute atomic E-state index is 13.0. The first-order valence-electron chi connectivity index (χ1n) is 10.0. The molecule has 6 nitrogen and oxygen atoms in total. The van der Waals surface area contributed by atoms with Crippen LogP contribution in [0.4, 0.5) is 13.2 Å². The highest BCUT2D eigenvalue weighted by atomic mass is 19.4. The molecule has 2 heterocycles. The van der Waals surface area contributed by atoms with Crippen LogP contribution in [0.1, 0.15) is 42.0 Å². The minimum absolute atomic E-state index is 0.0619. The van der Waals surface area contributed by atoms with Gasteiger partial charge in [0, 0.05) is 31.6 Å². The number of hydrogen-bond acceptors (Lipinski definition) is 5. The van der Waals surface area contributed by atoms with Gasteiger partial charge in [-0.2, -0.15) is 0 Å². The van der Waals surface area contributed by atoms with E-state index < -0.39 is 6.36 Å². The molecule has 1 aromatic heterocycles. The maximum Gasteiger partial charge on any atom is 0.573 e. The van der Waals surface area contributed by atoms with Crippen LogP contribution in [0.3, 0.4) is 0 Å². The van der Waals surface area contributed by atoms with Gasteiger partial charge in [0.25, 0.3) is 0 Å². The molecule has 2 fully saturated rings. The molecule has 0 amide bonds. The molecule has 2 aromatic rings. The van der Waals surface area contributed by atoms with E-state index in [1.807, 2.05) is 13.0 Å². The number of methoxy groups -OCH3 is 1. The molecule has 0 spiro atoms.